The predicted molar refractivity (Wildman–Crippen MR) is 122 cm³/mol. The summed E-state index contributed by atoms with van der Waals surface area (Å²) in [6.07, 6.45) is 5.48. The lowest BCUT2D eigenvalue weighted by atomic mass is 10.0. The Balaban J connectivity index is 1.79. The lowest BCUT2D eigenvalue weighted by Gasteiger charge is -2.32. The van der Waals surface area contributed by atoms with Crippen LogP contribution in [0.15, 0.2) is 77.4 Å². The first-order valence-corrected chi connectivity index (χ1v) is 10.9. The van der Waals surface area contributed by atoms with Crippen molar-refractivity contribution in [1.82, 2.24) is 5.32 Å². The second kappa shape index (κ2) is 9.64. The lowest BCUT2D eigenvalue weighted by molar-refractivity contribution is -0.123. The number of ketones is 1. The minimum Gasteiger partial charge on any atom is -0.459 e. The van der Waals surface area contributed by atoms with Gasteiger partial charge in [-0.2, -0.15) is 0 Å². The van der Waals surface area contributed by atoms with E-state index in [9.17, 15) is 14.4 Å². The number of hydrogen-bond donors (Lipinski definition) is 1. The van der Waals surface area contributed by atoms with E-state index in [2.05, 4.69) is 5.32 Å². The number of Topliss-reactive ketones (excluding diaryl/α,β-unsaturated/α-hetero) is 1. The van der Waals surface area contributed by atoms with E-state index in [1.165, 1.54) is 18.1 Å². The highest BCUT2D eigenvalue weighted by atomic mass is 16.3. The van der Waals surface area contributed by atoms with Crippen molar-refractivity contribution in [2.75, 3.05) is 4.90 Å². The summed E-state index contributed by atoms with van der Waals surface area (Å²) in [7, 11) is 0. The molecule has 1 heterocycles. The van der Waals surface area contributed by atoms with Gasteiger partial charge in [-0.1, -0.05) is 43.2 Å². The zero-order chi connectivity index (χ0) is 22.5. The molecule has 0 spiro atoms. The molecular weight excluding hydrogens is 404 g/mol. The number of anilines is 1. The molecule has 0 radical (unpaired) electrons. The normalized spacial score (nSPS) is 14.7. The molecule has 0 saturated heterocycles. The van der Waals surface area contributed by atoms with E-state index < -0.39 is 11.9 Å². The quantitative estimate of drug-likeness (QED) is 0.539. The van der Waals surface area contributed by atoms with Gasteiger partial charge in [-0.15, -0.1) is 0 Å². The number of nitrogens with zero attached hydrogens (tertiary/aromatic N) is 1. The van der Waals surface area contributed by atoms with Crippen LogP contribution in [0.5, 0.6) is 0 Å². The number of carbonyl (C=O) groups is 3. The van der Waals surface area contributed by atoms with Gasteiger partial charge in [-0.05, 0) is 61.7 Å². The first-order chi connectivity index (χ1) is 15.5. The van der Waals surface area contributed by atoms with E-state index >= 15 is 0 Å². The Hall–Kier alpha value is -3.67. The molecule has 6 heteroatoms. The number of amides is 2. The fourth-order valence-electron chi connectivity index (χ4n) is 4.16. The summed E-state index contributed by atoms with van der Waals surface area (Å²) in [5.74, 6) is -0.603. The Morgan fingerprint density at radius 1 is 0.938 bits per heavy atom. The highest BCUT2D eigenvalue weighted by Crippen LogP contribution is 2.31. The van der Waals surface area contributed by atoms with Crippen LogP contribution in [0.25, 0.3) is 0 Å². The fraction of sp³-hybridized carbons (Fsp3) is 0.269. The van der Waals surface area contributed by atoms with Gasteiger partial charge in [0.05, 0.1) is 6.26 Å². The number of furan rings is 1. The standard InChI is InChI=1S/C26H26N2O4/c1-18(29)19-13-15-22(16-14-19)28(26(31)23-12-7-17-32-23)24(20-8-3-2-4-9-20)25(30)27-21-10-5-6-11-21/h2-4,7-9,12-17,21,24H,5-6,10-11H2,1H3,(H,27,30). The van der Waals surface area contributed by atoms with Crippen LogP contribution in [0.2, 0.25) is 0 Å². The molecule has 1 atom stereocenters. The van der Waals surface area contributed by atoms with Crippen LogP contribution < -0.4 is 10.2 Å². The van der Waals surface area contributed by atoms with Crippen LogP contribution in [0, 0.1) is 0 Å². The maximum atomic E-state index is 13.6. The fourth-order valence-corrected chi connectivity index (χ4v) is 4.16. The van der Waals surface area contributed by atoms with Crippen LogP contribution >= 0.6 is 0 Å². The summed E-state index contributed by atoms with van der Waals surface area (Å²) >= 11 is 0. The number of hydrogen-bond acceptors (Lipinski definition) is 4. The van der Waals surface area contributed by atoms with Gasteiger partial charge < -0.3 is 9.73 Å². The van der Waals surface area contributed by atoms with Crippen LogP contribution in [0.1, 0.15) is 65.1 Å². The first kappa shape index (κ1) is 21.6. The highest BCUT2D eigenvalue weighted by molar-refractivity contribution is 6.09. The van der Waals surface area contributed by atoms with Crippen molar-refractivity contribution in [3.05, 3.63) is 89.9 Å². The third-order valence-electron chi connectivity index (χ3n) is 5.83. The van der Waals surface area contributed by atoms with E-state index in [1.54, 1.807) is 36.4 Å². The molecular formula is C26H26N2O4. The molecule has 2 amide bonds. The van der Waals surface area contributed by atoms with Gasteiger partial charge in [0, 0.05) is 17.3 Å². The lowest BCUT2D eigenvalue weighted by Crippen LogP contribution is -2.46. The van der Waals surface area contributed by atoms with Crippen molar-refractivity contribution >= 4 is 23.3 Å². The molecule has 1 unspecified atom stereocenters. The summed E-state index contributed by atoms with van der Waals surface area (Å²) in [4.78, 5) is 40.3. The summed E-state index contributed by atoms with van der Waals surface area (Å²) in [5, 5.41) is 3.14. The van der Waals surface area contributed by atoms with E-state index in [0.29, 0.717) is 16.8 Å². The predicted octanol–water partition coefficient (Wildman–Crippen LogP) is 4.93. The number of benzene rings is 2. The van der Waals surface area contributed by atoms with Crippen molar-refractivity contribution in [3.8, 4) is 0 Å². The summed E-state index contributed by atoms with van der Waals surface area (Å²) in [5.41, 5.74) is 1.73. The van der Waals surface area contributed by atoms with E-state index in [4.69, 9.17) is 4.42 Å². The van der Waals surface area contributed by atoms with Gasteiger partial charge in [0.15, 0.2) is 11.5 Å². The Bertz CT molecular complexity index is 1070. The van der Waals surface area contributed by atoms with E-state index in [0.717, 1.165) is 25.7 Å². The van der Waals surface area contributed by atoms with Crippen molar-refractivity contribution in [2.24, 2.45) is 0 Å². The molecule has 1 aliphatic carbocycles. The van der Waals surface area contributed by atoms with Gasteiger partial charge in [0.25, 0.3) is 5.91 Å². The average molecular weight is 431 g/mol. The first-order valence-electron chi connectivity index (χ1n) is 10.9. The molecule has 1 fully saturated rings. The summed E-state index contributed by atoms with van der Waals surface area (Å²) in [6, 6.07) is 18.4. The summed E-state index contributed by atoms with van der Waals surface area (Å²) in [6.45, 7) is 1.49. The molecule has 3 aromatic rings. The van der Waals surface area contributed by atoms with Crippen LogP contribution in [-0.4, -0.2) is 23.6 Å². The van der Waals surface area contributed by atoms with E-state index in [1.807, 2.05) is 30.3 Å². The minimum absolute atomic E-state index is 0.0703. The van der Waals surface area contributed by atoms with Crippen molar-refractivity contribution in [3.63, 3.8) is 0 Å². The highest BCUT2D eigenvalue weighted by Gasteiger charge is 2.35. The van der Waals surface area contributed by atoms with Crippen molar-refractivity contribution < 1.29 is 18.8 Å². The third-order valence-corrected chi connectivity index (χ3v) is 5.83. The van der Waals surface area contributed by atoms with Crippen molar-refractivity contribution in [2.45, 2.75) is 44.7 Å². The maximum Gasteiger partial charge on any atom is 0.294 e. The van der Waals surface area contributed by atoms with Gasteiger partial charge in [0.2, 0.25) is 5.91 Å². The second-order valence-corrected chi connectivity index (χ2v) is 8.06. The average Bonchev–Trinajstić information content (AvgIpc) is 3.52. The monoisotopic (exact) mass is 430 g/mol. The molecule has 1 aliphatic rings. The minimum atomic E-state index is -0.891. The zero-order valence-corrected chi connectivity index (χ0v) is 18.0. The van der Waals surface area contributed by atoms with Gasteiger partial charge in [-0.25, -0.2) is 0 Å². The van der Waals surface area contributed by atoms with Crippen LogP contribution in [0.4, 0.5) is 5.69 Å². The molecule has 6 nitrogen and oxygen atoms in total. The number of carbonyl (C=O) groups excluding carboxylic acids is 3. The molecule has 164 valence electrons. The Labute approximate surface area is 187 Å². The molecule has 1 saturated carbocycles. The third kappa shape index (κ3) is 4.64. The Morgan fingerprint density at radius 2 is 1.62 bits per heavy atom. The van der Waals surface area contributed by atoms with Gasteiger partial charge in [0.1, 0.15) is 6.04 Å². The van der Waals surface area contributed by atoms with Gasteiger partial charge in [-0.3, -0.25) is 19.3 Å². The second-order valence-electron chi connectivity index (χ2n) is 8.06. The van der Waals surface area contributed by atoms with E-state index in [-0.39, 0.29) is 23.5 Å². The number of nitrogens with one attached hydrogen (secondary N) is 1. The van der Waals surface area contributed by atoms with Crippen LogP contribution in [0.3, 0.4) is 0 Å². The Morgan fingerprint density at radius 3 is 2.22 bits per heavy atom. The van der Waals surface area contributed by atoms with Gasteiger partial charge >= 0.3 is 0 Å². The molecule has 0 aliphatic heterocycles. The maximum absolute atomic E-state index is 13.6. The molecule has 1 N–H and O–H groups in total. The topological polar surface area (TPSA) is 79.6 Å². The molecule has 32 heavy (non-hydrogen) atoms. The number of rotatable bonds is 7. The molecule has 0 bridgehead atoms. The largest absolute Gasteiger partial charge is 0.459 e. The Kier molecular flexibility index (Phi) is 6.50. The van der Waals surface area contributed by atoms with Crippen LogP contribution in [-0.2, 0) is 4.79 Å². The molecule has 4 rings (SSSR count). The SMILES string of the molecule is CC(=O)c1ccc(N(C(=O)c2ccco2)C(C(=O)NC2CCCC2)c2ccccc2)cc1. The molecule has 1 aromatic heterocycles. The zero-order valence-electron chi connectivity index (χ0n) is 18.0. The molecule has 2 aromatic carbocycles. The van der Waals surface area contributed by atoms with Crippen molar-refractivity contribution in [1.29, 1.82) is 0 Å². The smallest absolute Gasteiger partial charge is 0.294 e. The summed E-state index contributed by atoms with van der Waals surface area (Å²) < 4.78 is 5.38.